The van der Waals surface area contributed by atoms with Crippen molar-refractivity contribution in [2.24, 2.45) is 0 Å². The highest BCUT2D eigenvalue weighted by atomic mass is 32.1. The van der Waals surface area contributed by atoms with Crippen LogP contribution in [0.4, 0.5) is 0 Å². The lowest BCUT2D eigenvalue weighted by Crippen LogP contribution is -2.10. The van der Waals surface area contributed by atoms with Crippen LogP contribution in [-0.2, 0) is 4.74 Å². The molecule has 2 heteroatoms. The number of ether oxygens (including phenoxy) is 1. The van der Waals surface area contributed by atoms with Gasteiger partial charge in [0.15, 0.2) is 5.05 Å². The molecule has 9 heavy (non-hydrogen) atoms. The lowest BCUT2D eigenvalue weighted by atomic mass is 10.3. The first-order chi connectivity index (χ1) is 4.20. The quantitative estimate of drug-likeness (QED) is 0.566. The van der Waals surface area contributed by atoms with Crippen molar-refractivity contribution in [3.8, 4) is 0 Å². The van der Waals surface area contributed by atoms with Gasteiger partial charge in [0, 0.05) is 6.42 Å². The summed E-state index contributed by atoms with van der Waals surface area (Å²) in [5, 5.41) is 0.726. The SMILES string of the molecule is CCC(=S)OC(C)CC. The second-order valence-electron chi connectivity index (χ2n) is 2.06. The zero-order valence-electron chi connectivity index (χ0n) is 6.31. The molecule has 0 fully saturated rings. The second kappa shape index (κ2) is 4.74. The Morgan fingerprint density at radius 1 is 1.56 bits per heavy atom. The Balaban J connectivity index is 3.34. The van der Waals surface area contributed by atoms with Gasteiger partial charge < -0.3 is 4.74 Å². The average molecular weight is 146 g/mol. The third kappa shape index (κ3) is 4.40. The fraction of sp³-hybridized carbons (Fsp3) is 0.857. The predicted molar refractivity (Wildman–Crippen MR) is 43.7 cm³/mol. The van der Waals surface area contributed by atoms with E-state index in [0.717, 1.165) is 17.9 Å². The van der Waals surface area contributed by atoms with E-state index in [-0.39, 0.29) is 6.10 Å². The lowest BCUT2D eigenvalue weighted by Gasteiger charge is -2.11. The van der Waals surface area contributed by atoms with Crippen molar-refractivity contribution < 1.29 is 4.74 Å². The predicted octanol–water partition coefficient (Wildman–Crippen LogP) is 2.54. The van der Waals surface area contributed by atoms with Crippen molar-refractivity contribution in [3.63, 3.8) is 0 Å². The van der Waals surface area contributed by atoms with Crippen molar-refractivity contribution >= 4 is 17.3 Å². The summed E-state index contributed by atoms with van der Waals surface area (Å²) in [6, 6.07) is 0. The molecule has 0 amide bonds. The summed E-state index contributed by atoms with van der Waals surface area (Å²) < 4.78 is 5.28. The third-order valence-corrected chi connectivity index (χ3v) is 1.58. The highest BCUT2D eigenvalue weighted by molar-refractivity contribution is 7.80. The van der Waals surface area contributed by atoms with Crippen molar-refractivity contribution in [2.75, 3.05) is 0 Å². The molecule has 0 spiro atoms. The van der Waals surface area contributed by atoms with Gasteiger partial charge in [-0.2, -0.15) is 0 Å². The molecule has 0 aliphatic rings. The maximum atomic E-state index is 5.28. The van der Waals surface area contributed by atoms with Gasteiger partial charge in [0.2, 0.25) is 0 Å². The van der Waals surface area contributed by atoms with E-state index in [4.69, 9.17) is 17.0 Å². The fourth-order valence-corrected chi connectivity index (χ4v) is 0.555. The Hall–Kier alpha value is -0.110. The van der Waals surface area contributed by atoms with Crippen LogP contribution >= 0.6 is 12.2 Å². The molecule has 1 unspecified atom stereocenters. The average Bonchev–Trinajstić information content (AvgIpc) is 1.87. The third-order valence-electron chi connectivity index (χ3n) is 1.20. The van der Waals surface area contributed by atoms with Crippen LogP contribution in [0.3, 0.4) is 0 Å². The summed E-state index contributed by atoms with van der Waals surface area (Å²) in [6.45, 7) is 6.12. The molecule has 0 heterocycles. The standard InChI is InChI=1S/C7H14OS/c1-4-6(3)8-7(9)5-2/h6H,4-5H2,1-3H3. The van der Waals surface area contributed by atoms with Crippen LogP contribution in [0.15, 0.2) is 0 Å². The zero-order chi connectivity index (χ0) is 7.28. The molecule has 0 aliphatic heterocycles. The zero-order valence-corrected chi connectivity index (χ0v) is 7.12. The molecular weight excluding hydrogens is 132 g/mol. The summed E-state index contributed by atoms with van der Waals surface area (Å²) in [7, 11) is 0. The van der Waals surface area contributed by atoms with E-state index in [1.165, 1.54) is 0 Å². The van der Waals surface area contributed by atoms with E-state index in [9.17, 15) is 0 Å². The van der Waals surface area contributed by atoms with Crippen molar-refractivity contribution in [1.29, 1.82) is 0 Å². The van der Waals surface area contributed by atoms with Crippen LogP contribution in [0.1, 0.15) is 33.6 Å². The van der Waals surface area contributed by atoms with Gasteiger partial charge in [-0.1, -0.05) is 13.8 Å². The topological polar surface area (TPSA) is 9.23 Å². The normalized spacial score (nSPS) is 12.8. The molecule has 0 bridgehead atoms. The van der Waals surface area contributed by atoms with Crippen LogP contribution in [0.5, 0.6) is 0 Å². The van der Waals surface area contributed by atoms with Crippen molar-refractivity contribution in [3.05, 3.63) is 0 Å². The summed E-state index contributed by atoms with van der Waals surface area (Å²) in [5.41, 5.74) is 0. The molecule has 0 aliphatic carbocycles. The smallest absolute Gasteiger partial charge is 0.159 e. The van der Waals surface area contributed by atoms with Crippen molar-refractivity contribution in [2.45, 2.75) is 39.7 Å². The van der Waals surface area contributed by atoms with Crippen molar-refractivity contribution in [1.82, 2.24) is 0 Å². The Morgan fingerprint density at radius 2 is 2.11 bits per heavy atom. The molecule has 0 aromatic rings. The van der Waals surface area contributed by atoms with Crippen LogP contribution < -0.4 is 0 Å². The minimum Gasteiger partial charge on any atom is -0.484 e. The summed E-state index contributed by atoms with van der Waals surface area (Å²) in [4.78, 5) is 0. The number of rotatable bonds is 3. The van der Waals surface area contributed by atoms with Gasteiger partial charge in [0.25, 0.3) is 0 Å². The van der Waals surface area contributed by atoms with Crippen LogP contribution in [0, 0.1) is 0 Å². The summed E-state index contributed by atoms with van der Waals surface area (Å²) in [5.74, 6) is 0. The molecule has 0 saturated heterocycles. The highest BCUT2D eigenvalue weighted by Crippen LogP contribution is 1.99. The first kappa shape index (κ1) is 8.89. The number of thiocarbonyl (C=S) groups is 1. The summed E-state index contributed by atoms with van der Waals surface area (Å²) >= 11 is 4.88. The molecular formula is C7H14OS. The van der Waals surface area contributed by atoms with E-state index >= 15 is 0 Å². The van der Waals surface area contributed by atoms with E-state index in [1.54, 1.807) is 0 Å². The lowest BCUT2D eigenvalue weighted by molar-refractivity contribution is 0.205. The van der Waals surface area contributed by atoms with Gasteiger partial charge in [-0.3, -0.25) is 0 Å². The number of hydrogen-bond donors (Lipinski definition) is 0. The van der Waals surface area contributed by atoms with Gasteiger partial charge in [-0.15, -0.1) is 0 Å². The molecule has 0 aromatic heterocycles. The maximum absolute atomic E-state index is 5.28. The highest BCUT2D eigenvalue weighted by Gasteiger charge is 1.99. The molecule has 1 nitrogen and oxygen atoms in total. The molecule has 54 valence electrons. The van der Waals surface area contributed by atoms with Gasteiger partial charge in [-0.05, 0) is 25.6 Å². The second-order valence-corrected chi connectivity index (χ2v) is 2.52. The van der Waals surface area contributed by atoms with Gasteiger partial charge in [0.1, 0.15) is 0 Å². The largest absolute Gasteiger partial charge is 0.484 e. The Kier molecular flexibility index (Phi) is 4.68. The molecule has 0 rings (SSSR count). The van der Waals surface area contributed by atoms with E-state index in [1.807, 2.05) is 13.8 Å². The van der Waals surface area contributed by atoms with Gasteiger partial charge >= 0.3 is 0 Å². The molecule has 1 atom stereocenters. The molecule has 0 radical (unpaired) electrons. The van der Waals surface area contributed by atoms with Crippen LogP contribution in [0.25, 0.3) is 0 Å². The van der Waals surface area contributed by atoms with Gasteiger partial charge in [0.05, 0.1) is 6.10 Å². The fourth-order valence-electron chi connectivity index (χ4n) is 0.391. The Morgan fingerprint density at radius 3 is 2.44 bits per heavy atom. The van der Waals surface area contributed by atoms with E-state index in [2.05, 4.69) is 6.92 Å². The maximum Gasteiger partial charge on any atom is 0.159 e. The minimum atomic E-state index is 0.289. The molecule has 0 N–H and O–H groups in total. The first-order valence-corrected chi connectivity index (χ1v) is 3.81. The minimum absolute atomic E-state index is 0.289. The van der Waals surface area contributed by atoms with E-state index < -0.39 is 0 Å². The Labute approximate surface area is 62.4 Å². The number of hydrogen-bond acceptors (Lipinski definition) is 2. The van der Waals surface area contributed by atoms with E-state index in [0.29, 0.717) is 0 Å². The van der Waals surface area contributed by atoms with Gasteiger partial charge in [-0.25, -0.2) is 0 Å². The summed E-state index contributed by atoms with van der Waals surface area (Å²) in [6.07, 6.45) is 2.16. The first-order valence-electron chi connectivity index (χ1n) is 3.40. The molecule has 0 saturated carbocycles. The molecule has 0 aromatic carbocycles. The van der Waals surface area contributed by atoms with Crippen LogP contribution in [0.2, 0.25) is 0 Å². The Bertz CT molecular complexity index is 90.9. The van der Waals surface area contributed by atoms with Crippen LogP contribution in [-0.4, -0.2) is 11.2 Å². The monoisotopic (exact) mass is 146 g/mol.